The second-order valence-corrected chi connectivity index (χ2v) is 9.47. The first-order valence-electron chi connectivity index (χ1n) is 11.7. The molecule has 0 aliphatic heterocycles. The predicted octanol–water partition coefficient (Wildman–Crippen LogP) is 5.60. The van der Waals surface area contributed by atoms with Gasteiger partial charge in [-0.1, -0.05) is 98.2 Å². The number of amides is 2. The Hall–Kier alpha value is -3.11. The maximum atomic E-state index is 13.8. The lowest BCUT2D eigenvalue weighted by molar-refractivity contribution is -0.140. The standard InChI is InChI=1S/C29H33ClN2O2/c1-21(2)19-31-29(34)27(17-23-12-5-4-6-13-23)32(20-25-15-9-10-16-26(25)30)28(33)18-24-14-8-7-11-22(24)3/h4-16,21,27H,17-20H2,1-3H3,(H,31,34). The van der Waals surface area contributed by atoms with Crippen LogP contribution in [0.5, 0.6) is 0 Å². The Morgan fingerprint density at radius 2 is 1.50 bits per heavy atom. The lowest BCUT2D eigenvalue weighted by atomic mass is 10.00. The molecule has 3 aromatic carbocycles. The minimum atomic E-state index is -0.658. The van der Waals surface area contributed by atoms with E-state index in [4.69, 9.17) is 11.6 Å². The van der Waals surface area contributed by atoms with Gasteiger partial charge in [0, 0.05) is 24.5 Å². The maximum Gasteiger partial charge on any atom is 0.243 e. The first-order valence-corrected chi connectivity index (χ1v) is 12.1. The van der Waals surface area contributed by atoms with Crippen LogP contribution >= 0.6 is 11.6 Å². The Morgan fingerprint density at radius 3 is 2.15 bits per heavy atom. The molecule has 0 fully saturated rings. The van der Waals surface area contributed by atoms with Crippen LogP contribution in [0.25, 0.3) is 0 Å². The lowest BCUT2D eigenvalue weighted by Crippen LogP contribution is -2.51. The normalized spacial score (nSPS) is 11.8. The van der Waals surface area contributed by atoms with Gasteiger partial charge in [0.05, 0.1) is 6.42 Å². The van der Waals surface area contributed by atoms with Crippen LogP contribution in [0.4, 0.5) is 0 Å². The van der Waals surface area contributed by atoms with Crippen LogP contribution in [0.2, 0.25) is 5.02 Å². The van der Waals surface area contributed by atoms with Gasteiger partial charge < -0.3 is 10.2 Å². The summed E-state index contributed by atoms with van der Waals surface area (Å²) in [5.41, 5.74) is 3.83. The first-order chi connectivity index (χ1) is 16.3. The van der Waals surface area contributed by atoms with Crippen molar-refractivity contribution in [1.82, 2.24) is 10.2 Å². The number of carbonyl (C=O) groups is 2. The summed E-state index contributed by atoms with van der Waals surface area (Å²) in [5, 5.41) is 3.63. The summed E-state index contributed by atoms with van der Waals surface area (Å²) >= 11 is 6.47. The van der Waals surface area contributed by atoms with Crippen molar-refractivity contribution in [2.24, 2.45) is 5.92 Å². The van der Waals surface area contributed by atoms with E-state index in [1.54, 1.807) is 4.90 Å². The zero-order valence-electron chi connectivity index (χ0n) is 20.1. The van der Waals surface area contributed by atoms with E-state index in [-0.39, 0.29) is 24.8 Å². The number of hydrogen-bond acceptors (Lipinski definition) is 2. The van der Waals surface area contributed by atoms with Gasteiger partial charge in [0.25, 0.3) is 0 Å². The summed E-state index contributed by atoms with van der Waals surface area (Å²) < 4.78 is 0. The van der Waals surface area contributed by atoms with Crippen molar-refractivity contribution in [1.29, 1.82) is 0 Å². The minimum Gasteiger partial charge on any atom is -0.354 e. The number of nitrogens with one attached hydrogen (secondary N) is 1. The number of hydrogen-bond donors (Lipinski definition) is 1. The molecule has 34 heavy (non-hydrogen) atoms. The van der Waals surface area contributed by atoms with Crippen LogP contribution in [-0.4, -0.2) is 29.3 Å². The van der Waals surface area contributed by atoms with Crippen LogP contribution < -0.4 is 5.32 Å². The number of halogens is 1. The Kier molecular flexibility index (Phi) is 9.29. The maximum absolute atomic E-state index is 13.8. The molecule has 1 atom stereocenters. The highest BCUT2D eigenvalue weighted by molar-refractivity contribution is 6.31. The van der Waals surface area contributed by atoms with Crippen molar-refractivity contribution in [3.63, 3.8) is 0 Å². The molecule has 0 aliphatic rings. The molecular formula is C29H33ClN2O2. The zero-order chi connectivity index (χ0) is 24.5. The highest BCUT2D eigenvalue weighted by atomic mass is 35.5. The Morgan fingerprint density at radius 1 is 0.882 bits per heavy atom. The fraction of sp³-hybridized carbons (Fsp3) is 0.310. The smallest absolute Gasteiger partial charge is 0.243 e. The van der Waals surface area contributed by atoms with Crippen molar-refractivity contribution in [3.05, 3.63) is 106 Å². The van der Waals surface area contributed by atoms with Gasteiger partial charge in [-0.25, -0.2) is 0 Å². The second kappa shape index (κ2) is 12.4. The van der Waals surface area contributed by atoms with Gasteiger partial charge in [-0.2, -0.15) is 0 Å². The highest BCUT2D eigenvalue weighted by Crippen LogP contribution is 2.22. The monoisotopic (exact) mass is 476 g/mol. The molecule has 4 nitrogen and oxygen atoms in total. The van der Waals surface area contributed by atoms with Crippen molar-refractivity contribution in [2.75, 3.05) is 6.54 Å². The molecule has 178 valence electrons. The summed E-state index contributed by atoms with van der Waals surface area (Å²) in [7, 11) is 0. The van der Waals surface area contributed by atoms with Crippen LogP contribution in [-0.2, 0) is 29.0 Å². The second-order valence-electron chi connectivity index (χ2n) is 9.06. The molecule has 0 spiro atoms. The van der Waals surface area contributed by atoms with Gasteiger partial charge in [0.1, 0.15) is 6.04 Å². The summed E-state index contributed by atoms with van der Waals surface area (Å²) in [5.74, 6) is 0.0543. The van der Waals surface area contributed by atoms with E-state index in [0.29, 0.717) is 23.9 Å². The van der Waals surface area contributed by atoms with E-state index >= 15 is 0 Å². The quantitative estimate of drug-likeness (QED) is 0.414. The highest BCUT2D eigenvalue weighted by Gasteiger charge is 2.31. The molecule has 0 radical (unpaired) electrons. The van der Waals surface area contributed by atoms with Crippen molar-refractivity contribution >= 4 is 23.4 Å². The lowest BCUT2D eigenvalue weighted by Gasteiger charge is -2.32. The molecule has 0 aliphatic carbocycles. The third kappa shape index (κ3) is 7.19. The van der Waals surface area contributed by atoms with Gasteiger partial charge in [0.2, 0.25) is 11.8 Å². The zero-order valence-corrected chi connectivity index (χ0v) is 20.9. The van der Waals surface area contributed by atoms with Gasteiger partial charge in [-0.05, 0) is 41.2 Å². The van der Waals surface area contributed by atoms with Crippen LogP contribution in [0.1, 0.15) is 36.1 Å². The van der Waals surface area contributed by atoms with Crippen molar-refractivity contribution in [2.45, 2.75) is 46.2 Å². The van der Waals surface area contributed by atoms with E-state index in [1.807, 2.05) is 85.8 Å². The molecule has 5 heteroatoms. The number of aryl methyl sites for hydroxylation is 1. The van der Waals surface area contributed by atoms with E-state index in [0.717, 1.165) is 22.3 Å². The van der Waals surface area contributed by atoms with Crippen LogP contribution in [0.15, 0.2) is 78.9 Å². The van der Waals surface area contributed by atoms with Crippen LogP contribution in [0.3, 0.4) is 0 Å². The van der Waals surface area contributed by atoms with Crippen molar-refractivity contribution in [3.8, 4) is 0 Å². The van der Waals surface area contributed by atoms with E-state index in [1.165, 1.54) is 0 Å². The van der Waals surface area contributed by atoms with Crippen molar-refractivity contribution < 1.29 is 9.59 Å². The molecule has 0 saturated carbocycles. The third-order valence-electron chi connectivity index (χ3n) is 5.86. The number of benzene rings is 3. The van der Waals surface area contributed by atoms with Gasteiger partial charge in [0.15, 0.2) is 0 Å². The SMILES string of the molecule is Cc1ccccc1CC(=O)N(Cc1ccccc1Cl)C(Cc1ccccc1)C(=O)NCC(C)C. The summed E-state index contributed by atoms with van der Waals surface area (Å²) in [6.07, 6.45) is 0.647. The average Bonchev–Trinajstić information content (AvgIpc) is 2.83. The molecule has 0 bridgehead atoms. The van der Waals surface area contributed by atoms with Gasteiger partial charge >= 0.3 is 0 Å². The largest absolute Gasteiger partial charge is 0.354 e. The topological polar surface area (TPSA) is 49.4 Å². The molecule has 2 amide bonds. The Balaban J connectivity index is 1.98. The van der Waals surface area contributed by atoms with Gasteiger partial charge in [-0.3, -0.25) is 9.59 Å². The van der Waals surface area contributed by atoms with Gasteiger partial charge in [-0.15, -0.1) is 0 Å². The fourth-order valence-corrected chi connectivity index (χ4v) is 4.06. The molecule has 0 saturated heterocycles. The van der Waals surface area contributed by atoms with E-state index in [9.17, 15) is 9.59 Å². The molecule has 1 N–H and O–H groups in total. The minimum absolute atomic E-state index is 0.102. The molecule has 3 aromatic rings. The first kappa shape index (κ1) is 25.5. The summed E-state index contributed by atoms with van der Waals surface area (Å²) in [4.78, 5) is 28.9. The van der Waals surface area contributed by atoms with E-state index < -0.39 is 6.04 Å². The number of rotatable bonds is 10. The number of carbonyl (C=O) groups excluding carboxylic acids is 2. The summed E-state index contributed by atoms with van der Waals surface area (Å²) in [6.45, 7) is 6.92. The summed E-state index contributed by atoms with van der Waals surface area (Å²) in [6, 6.07) is 24.5. The molecule has 0 aromatic heterocycles. The Bertz CT molecular complexity index is 1100. The molecule has 3 rings (SSSR count). The molecule has 1 unspecified atom stereocenters. The average molecular weight is 477 g/mol. The fourth-order valence-electron chi connectivity index (χ4n) is 3.86. The number of nitrogens with zero attached hydrogens (tertiary/aromatic N) is 1. The molecule has 0 heterocycles. The third-order valence-corrected chi connectivity index (χ3v) is 6.23. The Labute approximate surface area is 207 Å². The van der Waals surface area contributed by atoms with E-state index in [2.05, 4.69) is 19.2 Å². The molecular weight excluding hydrogens is 444 g/mol. The van der Waals surface area contributed by atoms with Crippen LogP contribution in [0, 0.1) is 12.8 Å². The predicted molar refractivity (Wildman–Crippen MR) is 139 cm³/mol.